The quantitative estimate of drug-likeness (QED) is 0.590. The molecule has 0 aliphatic heterocycles. The summed E-state index contributed by atoms with van der Waals surface area (Å²) < 4.78 is 15.5. The van der Waals surface area contributed by atoms with Gasteiger partial charge in [-0.2, -0.15) is 5.10 Å². The van der Waals surface area contributed by atoms with Crippen molar-refractivity contribution in [1.29, 1.82) is 0 Å². The first-order valence-electron chi connectivity index (χ1n) is 13.5. The van der Waals surface area contributed by atoms with Crippen molar-refractivity contribution < 1.29 is 14.3 Å². The van der Waals surface area contributed by atoms with E-state index in [9.17, 15) is 14.3 Å². The molecule has 8 atom stereocenters. The summed E-state index contributed by atoms with van der Waals surface area (Å²) in [6.07, 6.45) is 11.7. The molecule has 0 radical (unpaired) electrons. The molecule has 4 aliphatic carbocycles. The molecule has 1 aromatic carbocycles. The number of carbonyl (C=O) groups is 1. The van der Waals surface area contributed by atoms with Gasteiger partial charge in [0.2, 0.25) is 0 Å². The van der Waals surface area contributed by atoms with Gasteiger partial charge in [-0.1, -0.05) is 13.8 Å². The molecule has 0 unspecified atom stereocenters. The molecule has 0 saturated heterocycles. The fraction of sp³-hybridized carbons (Fsp3) is 0.724. The lowest BCUT2D eigenvalue weighted by molar-refractivity contribution is -0.151. The van der Waals surface area contributed by atoms with E-state index in [2.05, 4.69) is 18.9 Å². The van der Waals surface area contributed by atoms with Crippen LogP contribution in [-0.2, 0) is 11.3 Å². The lowest BCUT2D eigenvalue weighted by atomic mass is 9.44. The third-order valence-electron chi connectivity index (χ3n) is 11.3. The van der Waals surface area contributed by atoms with Crippen LogP contribution < -0.4 is 0 Å². The summed E-state index contributed by atoms with van der Waals surface area (Å²) in [5.74, 6) is 2.74. The van der Waals surface area contributed by atoms with E-state index < -0.39 is 5.60 Å². The number of carbonyl (C=O) groups excluding carboxylic acids is 1. The standard InChI is InChI=1S/C29H39FN2O2/c1-27(34)12-13-28(2)19(15-27)5-7-21-22-8-9-24(29(22,3)11-10-23(21)28)26(33)17-32-25-14-20(30)6-4-18(25)16-31-32/h4,6,14,16,19,21-24,34H,5,7-13,15,17H2,1-3H3/t19-,21+,22+,23+,24-,27-,28+,29+/m1/s1. The van der Waals surface area contributed by atoms with Gasteiger partial charge in [-0.05, 0) is 117 Å². The molecule has 1 N–H and O–H groups in total. The summed E-state index contributed by atoms with van der Waals surface area (Å²) in [5, 5.41) is 16.0. The van der Waals surface area contributed by atoms with Crippen LogP contribution in [0.5, 0.6) is 0 Å². The van der Waals surface area contributed by atoms with Gasteiger partial charge < -0.3 is 5.11 Å². The Morgan fingerprint density at radius 2 is 1.85 bits per heavy atom. The van der Waals surface area contributed by atoms with E-state index in [0.717, 1.165) is 49.8 Å². The molecule has 1 heterocycles. The molecule has 6 rings (SSSR count). The molecular weight excluding hydrogens is 427 g/mol. The molecule has 1 aromatic heterocycles. The van der Waals surface area contributed by atoms with E-state index in [4.69, 9.17) is 0 Å². The van der Waals surface area contributed by atoms with Crippen LogP contribution in [0.4, 0.5) is 4.39 Å². The predicted octanol–water partition coefficient (Wildman–Crippen LogP) is 6.15. The van der Waals surface area contributed by atoms with E-state index in [1.54, 1.807) is 16.9 Å². The van der Waals surface area contributed by atoms with Gasteiger partial charge in [-0.3, -0.25) is 9.48 Å². The van der Waals surface area contributed by atoms with Crippen LogP contribution in [0.25, 0.3) is 10.9 Å². The SMILES string of the molecule is C[C@@]1(O)CC[C@@]2(C)[C@H](CC[C@@H]3[C@@H]2CC[C@]2(C)[C@@H](C(=O)Cn4ncc5ccc(F)cc54)CC[C@@H]32)C1. The van der Waals surface area contributed by atoms with Gasteiger partial charge in [-0.25, -0.2) is 4.39 Å². The highest BCUT2D eigenvalue weighted by Gasteiger charge is 2.61. The molecule has 0 spiro atoms. The number of aromatic nitrogens is 2. The molecule has 184 valence electrons. The maximum atomic E-state index is 13.8. The minimum Gasteiger partial charge on any atom is -0.390 e. The molecule has 0 bridgehead atoms. The summed E-state index contributed by atoms with van der Waals surface area (Å²) in [4.78, 5) is 13.6. The van der Waals surface area contributed by atoms with Crippen LogP contribution in [0.3, 0.4) is 0 Å². The number of hydrogen-bond acceptors (Lipinski definition) is 3. The van der Waals surface area contributed by atoms with Crippen molar-refractivity contribution in [1.82, 2.24) is 9.78 Å². The smallest absolute Gasteiger partial charge is 0.157 e. The molecule has 4 saturated carbocycles. The zero-order valence-corrected chi connectivity index (χ0v) is 20.9. The molecular formula is C29H39FN2O2. The summed E-state index contributed by atoms with van der Waals surface area (Å²) in [6, 6.07) is 4.66. The van der Waals surface area contributed by atoms with Crippen LogP contribution >= 0.6 is 0 Å². The first-order valence-corrected chi connectivity index (χ1v) is 13.5. The normalized spacial score (nSPS) is 43.9. The highest BCUT2D eigenvalue weighted by Crippen LogP contribution is 2.68. The number of Topliss-reactive ketones (excluding diaryl/α,β-unsaturated/α-hetero) is 1. The lowest BCUT2D eigenvalue weighted by Crippen LogP contribution is -2.55. The number of nitrogens with zero attached hydrogens (tertiary/aromatic N) is 2. The predicted molar refractivity (Wildman–Crippen MR) is 131 cm³/mol. The Bertz CT molecular complexity index is 1120. The van der Waals surface area contributed by atoms with E-state index >= 15 is 0 Å². The second-order valence-electron chi connectivity index (χ2n) is 13.0. The first kappa shape index (κ1) is 22.7. The van der Waals surface area contributed by atoms with E-state index in [1.165, 1.54) is 31.4 Å². The third kappa shape index (κ3) is 3.32. The fourth-order valence-electron chi connectivity index (χ4n) is 9.39. The molecule has 4 aliphatic rings. The van der Waals surface area contributed by atoms with Gasteiger partial charge in [0, 0.05) is 11.3 Å². The maximum absolute atomic E-state index is 13.8. The second-order valence-corrected chi connectivity index (χ2v) is 13.0. The maximum Gasteiger partial charge on any atom is 0.157 e. The zero-order valence-electron chi connectivity index (χ0n) is 20.9. The fourth-order valence-corrected chi connectivity index (χ4v) is 9.39. The Balaban J connectivity index is 1.22. The highest BCUT2D eigenvalue weighted by atomic mass is 19.1. The third-order valence-corrected chi connectivity index (χ3v) is 11.3. The van der Waals surface area contributed by atoms with Crippen molar-refractivity contribution in [2.75, 3.05) is 0 Å². The Labute approximate surface area is 202 Å². The van der Waals surface area contributed by atoms with Gasteiger partial charge in [0.1, 0.15) is 12.4 Å². The largest absolute Gasteiger partial charge is 0.390 e. The number of benzene rings is 1. The first-order chi connectivity index (χ1) is 16.1. The van der Waals surface area contributed by atoms with Crippen LogP contribution in [0.2, 0.25) is 0 Å². The number of rotatable bonds is 3. The second kappa shape index (κ2) is 7.62. The lowest BCUT2D eigenvalue weighted by Gasteiger charge is -2.61. The van der Waals surface area contributed by atoms with E-state index in [1.807, 2.05) is 6.92 Å². The van der Waals surface area contributed by atoms with Crippen LogP contribution in [0.1, 0.15) is 78.6 Å². The molecule has 0 amide bonds. The number of halogens is 1. The Hall–Kier alpha value is -1.75. The van der Waals surface area contributed by atoms with Crippen LogP contribution in [-0.4, -0.2) is 26.3 Å². The van der Waals surface area contributed by atoms with Crippen LogP contribution in [0, 0.1) is 46.2 Å². The summed E-state index contributed by atoms with van der Waals surface area (Å²) >= 11 is 0. The molecule has 4 fully saturated rings. The van der Waals surface area contributed by atoms with Crippen molar-refractivity contribution in [3.8, 4) is 0 Å². The monoisotopic (exact) mass is 466 g/mol. The van der Waals surface area contributed by atoms with Gasteiger partial charge >= 0.3 is 0 Å². The van der Waals surface area contributed by atoms with Crippen molar-refractivity contribution in [2.45, 2.75) is 90.7 Å². The number of aliphatic hydroxyl groups is 1. The average molecular weight is 467 g/mol. The zero-order chi connectivity index (χ0) is 23.9. The Morgan fingerprint density at radius 3 is 2.68 bits per heavy atom. The number of fused-ring (bicyclic) bond motifs is 6. The summed E-state index contributed by atoms with van der Waals surface area (Å²) in [5.41, 5.74) is 0.615. The van der Waals surface area contributed by atoms with Gasteiger partial charge in [0.05, 0.1) is 17.3 Å². The molecule has 4 nitrogen and oxygen atoms in total. The van der Waals surface area contributed by atoms with E-state index in [0.29, 0.717) is 28.7 Å². The summed E-state index contributed by atoms with van der Waals surface area (Å²) in [7, 11) is 0. The van der Waals surface area contributed by atoms with Gasteiger partial charge in [0.15, 0.2) is 5.78 Å². The minimum atomic E-state index is -0.495. The number of hydrogen-bond donors (Lipinski definition) is 1. The highest BCUT2D eigenvalue weighted by molar-refractivity contribution is 5.85. The molecule has 5 heteroatoms. The van der Waals surface area contributed by atoms with Crippen LogP contribution in [0.15, 0.2) is 24.4 Å². The van der Waals surface area contributed by atoms with Crippen molar-refractivity contribution in [2.24, 2.45) is 40.4 Å². The Kier molecular flexibility index (Phi) is 5.09. The number of ketones is 1. The topological polar surface area (TPSA) is 55.1 Å². The molecule has 34 heavy (non-hydrogen) atoms. The van der Waals surface area contributed by atoms with Gasteiger partial charge in [-0.15, -0.1) is 0 Å². The van der Waals surface area contributed by atoms with Crippen molar-refractivity contribution in [3.63, 3.8) is 0 Å². The van der Waals surface area contributed by atoms with Crippen molar-refractivity contribution >= 4 is 16.7 Å². The Morgan fingerprint density at radius 1 is 1.06 bits per heavy atom. The van der Waals surface area contributed by atoms with Crippen molar-refractivity contribution in [3.05, 3.63) is 30.2 Å². The van der Waals surface area contributed by atoms with E-state index in [-0.39, 0.29) is 29.5 Å². The minimum absolute atomic E-state index is 0.0653. The summed E-state index contributed by atoms with van der Waals surface area (Å²) in [6.45, 7) is 7.18. The van der Waals surface area contributed by atoms with Gasteiger partial charge in [0.25, 0.3) is 0 Å². The average Bonchev–Trinajstić information content (AvgIpc) is 3.34. The molecule has 2 aromatic rings.